The maximum Gasteiger partial charge on any atom is 0.469 e. The van der Waals surface area contributed by atoms with Crippen LogP contribution in [0.5, 0.6) is 0 Å². The van der Waals surface area contributed by atoms with Gasteiger partial charge in [-0.05, 0) is 32.1 Å². The number of esters is 2. The van der Waals surface area contributed by atoms with E-state index in [0.29, 0.717) is 12.8 Å². The summed E-state index contributed by atoms with van der Waals surface area (Å²) in [5.41, 5.74) is 0. The van der Waals surface area contributed by atoms with Crippen LogP contribution in [0.15, 0.2) is 48.6 Å². The predicted molar refractivity (Wildman–Crippen MR) is 198 cm³/mol. The molecule has 0 aliphatic carbocycles. The lowest BCUT2D eigenvalue weighted by molar-refractivity contribution is -0.161. The van der Waals surface area contributed by atoms with E-state index in [-0.39, 0.29) is 19.4 Å². The van der Waals surface area contributed by atoms with Crippen molar-refractivity contribution in [3.8, 4) is 0 Å². The minimum absolute atomic E-state index is 0.208. The molecular formula is C39H69O8P. The normalized spacial score (nSPS) is 13.0. The Bertz CT molecular complexity index is 921. The molecule has 0 aromatic carbocycles. The summed E-state index contributed by atoms with van der Waals surface area (Å²) in [6.45, 7) is 3.52. The third-order valence-corrected chi connectivity index (χ3v) is 8.44. The Morgan fingerprint density at radius 1 is 0.562 bits per heavy atom. The molecule has 278 valence electrons. The average molecular weight is 697 g/mol. The second kappa shape index (κ2) is 34.9. The first-order valence-corrected chi connectivity index (χ1v) is 20.5. The number of rotatable bonds is 34. The van der Waals surface area contributed by atoms with E-state index in [2.05, 4.69) is 36.6 Å². The first kappa shape index (κ1) is 46.0. The Hall–Kier alpha value is -1.99. The van der Waals surface area contributed by atoms with Gasteiger partial charge in [-0.2, -0.15) is 0 Å². The van der Waals surface area contributed by atoms with Crippen LogP contribution >= 0.6 is 7.82 Å². The van der Waals surface area contributed by atoms with Crippen molar-refractivity contribution in [2.75, 3.05) is 13.2 Å². The molecule has 0 aliphatic heterocycles. The lowest BCUT2D eigenvalue weighted by Crippen LogP contribution is -2.29. The maximum atomic E-state index is 12.4. The van der Waals surface area contributed by atoms with Crippen LogP contribution in [0, 0.1) is 0 Å². The molecule has 0 radical (unpaired) electrons. The van der Waals surface area contributed by atoms with Gasteiger partial charge in [0.25, 0.3) is 0 Å². The largest absolute Gasteiger partial charge is 0.469 e. The van der Waals surface area contributed by atoms with Crippen LogP contribution in [0.25, 0.3) is 0 Å². The number of allylic oxidation sites excluding steroid dienone is 8. The Morgan fingerprint density at radius 3 is 1.50 bits per heavy atom. The van der Waals surface area contributed by atoms with Crippen molar-refractivity contribution in [3.05, 3.63) is 48.6 Å². The molecule has 0 aromatic rings. The van der Waals surface area contributed by atoms with Gasteiger partial charge in [-0.25, -0.2) is 4.57 Å². The minimum atomic E-state index is -4.75. The third-order valence-electron chi connectivity index (χ3n) is 7.96. The summed E-state index contributed by atoms with van der Waals surface area (Å²) < 4.78 is 26.3. The Morgan fingerprint density at radius 2 is 1.00 bits per heavy atom. The standard InChI is InChI=1S/C39H69O8P/c1-3-5-7-9-11-13-15-17-19-21-23-25-27-29-31-33-38(40)45-35-37(36-46-48(42,43)44)47-39(41)34-32-30-28-26-24-22-20-18-16-14-12-10-8-6-4-2/h5,7,9,11,13,15,17,19,37H,3-4,6,8,10,12,14,16,18,20-36H2,1-2H3,(H2,42,43,44)/b7-5+,11-9+,15-13+,19-17+/t37-/m1/s1. The van der Waals surface area contributed by atoms with E-state index in [0.717, 1.165) is 57.8 Å². The van der Waals surface area contributed by atoms with Crippen LogP contribution < -0.4 is 0 Å². The van der Waals surface area contributed by atoms with Gasteiger partial charge in [0.1, 0.15) is 6.61 Å². The van der Waals surface area contributed by atoms with E-state index < -0.39 is 32.5 Å². The molecule has 0 aliphatic rings. The van der Waals surface area contributed by atoms with Gasteiger partial charge in [-0.15, -0.1) is 0 Å². The zero-order valence-corrected chi connectivity index (χ0v) is 31.3. The summed E-state index contributed by atoms with van der Waals surface area (Å²) in [4.78, 5) is 42.7. The molecule has 0 heterocycles. The van der Waals surface area contributed by atoms with Gasteiger partial charge in [0.05, 0.1) is 6.61 Å². The number of ether oxygens (including phenoxy) is 2. The molecule has 0 spiro atoms. The van der Waals surface area contributed by atoms with Crippen molar-refractivity contribution in [3.63, 3.8) is 0 Å². The smallest absolute Gasteiger partial charge is 0.462 e. The fourth-order valence-corrected chi connectivity index (χ4v) is 5.51. The maximum absolute atomic E-state index is 12.4. The summed E-state index contributed by atoms with van der Waals surface area (Å²) in [7, 11) is -4.75. The Kier molecular flexibility index (Phi) is 33.4. The number of phosphoric acid groups is 1. The fourth-order valence-electron chi connectivity index (χ4n) is 5.15. The molecule has 0 saturated carbocycles. The van der Waals surface area contributed by atoms with Crippen LogP contribution in [0.4, 0.5) is 0 Å². The second-order valence-corrected chi connectivity index (χ2v) is 13.9. The zero-order valence-electron chi connectivity index (χ0n) is 30.4. The van der Waals surface area contributed by atoms with Crippen molar-refractivity contribution in [2.45, 2.75) is 174 Å². The van der Waals surface area contributed by atoms with Gasteiger partial charge in [0.2, 0.25) is 0 Å². The van der Waals surface area contributed by atoms with Crippen molar-refractivity contribution in [1.29, 1.82) is 0 Å². The third kappa shape index (κ3) is 36.8. The molecule has 0 saturated heterocycles. The molecule has 0 unspecified atom stereocenters. The van der Waals surface area contributed by atoms with E-state index in [1.54, 1.807) is 0 Å². The molecule has 0 aromatic heterocycles. The van der Waals surface area contributed by atoms with Crippen molar-refractivity contribution >= 4 is 19.8 Å². The van der Waals surface area contributed by atoms with Crippen LogP contribution in [0.3, 0.4) is 0 Å². The molecule has 0 amide bonds. The monoisotopic (exact) mass is 696 g/mol. The van der Waals surface area contributed by atoms with Crippen molar-refractivity contribution in [1.82, 2.24) is 0 Å². The molecule has 0 bridgehead atoms. The van der Waals surface area contributed by atoms with Crippen LogP contribution in [0.2, 0.25) is 0 Å². The van der Waals surface area contributed by atoms with Gasteiger partial charge < -0.3 is 19.3 Å². The quantitative estimate of drug-likeness (QED) is 0.0295. The number of carbonyl (C=O) groups is 2. The number of hydrogen-bond donors (Lipinski definition) is 2. The molecular weight excluding hydrogens is 627 g/mol. The highest BCUT2D eigenvalue weighted by molar-refractivity contribution is 7.46. The summed E-state index contributed by atoms with van der Waals surface area (Å²) in [5, 5.41) is 0. The first-order chi connectivity index (χ1) is 23.3. The lowest BCUT2D eigenvalue weighted by Gasteiger charge is -2.18. The molecule has 48 heavy (non-hydrogen) atoms. The van der Waals surface area contributed by atoms with Gasteiger partial charge in [0.15, 0.2) is 6.10 Å². The highest BCUT2D eigenvalue weighted by atomic mass is 31.2. The Labute approximate surface area is 293 Å². The summed E-state index contributed by atoms with van der Waals surface area (Å²) >= 11 is 0. The van der Waals surface area contributed by atoms with E-state index in [4.69, 9.17) is 19.3 Å². The second-order valence-electron chi connectivity index (χ2n) is 12.6. The first-order valence-electron chi connectivity index (χ1n) is 19.0. The van der Waals surface area contributed by atoms with Crippen LogP contribution in [0.1, 0.15) is 168 Å². The number of hydrogen-bond acceptors (Lipinski definition) is 6. The Balaban J connectivity index is 4.00. The van der Waals surface area contributed by atoms with Gasteiger partial charge in [-0.3, -0.25) is 14.1 Å². The molecule has 1 atom stereocenters. The summed E-state index contributed by atoms with van der Waals surface area (Å²) in [6, 6.07) is 0. The minimum Gasteiger partial charge on any atom is -0.462 e. The highest BCUT2D eigenvalue weighted by Crippen LogP contribution is 2.36. The summed E-state index contributed by atoms with van der Waals surface area (Å²) in [6.07, 6.45) is 41.1. The van der Waals surface area contributed by atoms with Crippen molar-refractivity contribution in [2.24, 2.45) is 0 Å². The fraction of sp³-hybridized carbons (Fsp3) is 0.744. The SMILES string of the molecule is CC/C=C/C=C/C=C/C=C/CCCCCCCC(=O)OC[C@H](COP(=O)(O)O)OC(=O)CCCCCCCCCCCCCCCCC. The van der Waals surface area contributed by atoms with Crippen LogP contribution in [-0.2, 0) is 28.2 Å². The number of carbonyl (C=O) groups excluding carboxylic acids is 2. The highest BCUT2D eigenvalue weighted by Gasteiger charge is 2.22. The van der Waals surface area contributed by atoms with Crippen molar-refractivity contribution < 1.29 is 37.9 Å². The number of phosphoric ester groups is 1. The topological polar surface area (TPSA) is 119 Å². The molecule has 9 heteroatoms. The van der Waals surface area contributed by atoms with E-state index in [1.807, 2.05) is 30.4 Å². The molecule has 0 rings (SSSR count). The molecule has 0 fully saturated rings. The van der Waals surface area contributed by atoms with E-state index >= 15 is 0 Å². The van der Waals surface area contributed by atoms with E-state index in [1.165, 1.54) is 70.6 Å². The molecule has 8 nitrogen and oxygen atoms in total. The predicted octanol–water partition coefficient (Wildman–Crippen LogP) is 11.2. The lowest BCUT2D eigenvalue weighted by atomic mass is 10.0. The molecule has 2 N–H and O–H groups in total. The number of unbranched alkanes of at least 4 members (excludes halogenated alkanes) is 19. The average Bonchev–Trinajstić information content (AvgIpc) is 3.05. The van der Waals surface area contributed by atoms with Gasteiger partial charge in [-0.1, -0.05) is 172 Å². The summed E-state index contributed by atoms with van der Waals surface area (Å²) in [5.74, 6) is -0.911. The van der Waals surface area contributed by atoms with Gasteiger partial charge >= 0.3 is 19.8 Å². The zero-order chi connectivity index (χ0) is 35.4. The van der Waals surface area contributed by atoms with Crippen LogP contribution in [-0.4, -0.2) is 41.0 Å². The van der Waals surface area contributed by atoms with E-state index in [9.17, 15) is 14.2 Å². The van der Waals surface area contributed by atoms with Gasteiger partial charge in [0, 0.05) is 12.8 Å².